The van der Waals surface area contributed by atoms with Gasteiger partial charge in [-0.2, -0.15) is 4.31 Å². The molecule has 0 bridgehead atoms. The van der Waals surface area contributed by atoms with E-state index in [0.717, 1.165) is 12.1 Å². The highest BCUT2D eigenvalue weighted by Gasteiger charge is 2.45. The van der Waals surface area contributed by atoms with Gasteiger partial charge in [-0.25, -0.2) is 8.42 Å². The molecule has 2 aliphatic rings. The Hall–Kier alpha value is -2.04. The lowest BCUT2D eigenvalue weighted by Crippen LogP contribution is -2.34. The van der Waals surface area contributed by atoms with Crippen molar-refractivity contribution in [3.8, 4) is 0 Å². The Morgan fingerprint density at radius 2 is 1.59 bits per heavy atom. The van der Waals surface area contributed by atoms with Gasteiger partial charge in [-0.1, -0.05) is 53.0 Å². The number of rotatable bonds is 2. The Labute approximate surface area is 183 Å². The van der Waals surface area contributed by atoms with Crippen LogP contribution in [0.2, 0.25) is 15.1 Å². The number of imide groups is 1. The van der Waals surface area contributed by atoms with Gasteiger partial charge in [-0.05, 0) is 30.0 Å². The zero-order valence-corrected chi connectivity index (χ0v) is 17.8. The number of anilines is 1. The minimum absolute atomic E-state index is 0.0230. The van der Waals surface area contributed by atoms with E-state index in [4.69, 9.17) is 34.8 Å². The van der Waals surface area contributed by atoms with Crippen molar-refractivity contribution >= 4 is 84.9 Å². The number of carbonyl (C=O) groups excluding carboxylic acids is 3. The first kappa shape index (κ1) is 20.2. The molecule has 0 spiro atoms. The normalized spacial score (nSPS) is 19.0. The van der Waals surface area contributed by atoms with Crippen LogP contribution in [0.25, 0.3) is 5.57 Å². The second-order valence-electron chi connectivity index (χ2n) is 5.84. The minimum atomic E-state index is -4.52. The number of amides is 3. The molecule has 148 valence electrons. The molecule has 29 heavy (non-hydrogen) atoms. The van der Waals surface area contributed by atoms with Crippen molar-refractivity contribution in [2.45, 2.75) is 4.90 Å². The zero-order valence-electron chi connectivity index (χ0n) is 13.9. The van der Waals surface area contributed by atoms with Gasteiger partial charge in [-0.15, -0.1) is 0 Å². The molecular weight excluding hydrogens is 483 g/mol. The summed E-state index contributed by atoms with van der Waals surface area (Å²) in [6, 6.07) is 8.20. The number of nitrogens with zero attached hydrogens (tertiary/aromatic N) is 1. The Balaban J connectivity index is 1.96. The van der Waals surface area contributed by atoms with Crippen molar-refractivity contribution < 1.29 is 22.8 Å². The monoisotopic (exact) mass is 488 g/mol. The molecule has 0 aliphatic carbocycles. The van der Waals surface area contributed by atoms with Crippen LogP contribution in [0.15, 0.2) is 46.2 Å². The highest BCUT2D eigenvalue weighted by Crippen LogP contribution is 2.45. The van der Waals surface area contributed by atoms with Gasteiger partial charge in [0.2, 0.25) is 0 Å². The maximum absolute atomic E-state index is 13.3. The lowest BCUT2D eigenvalue weighted by atomic mass is 10.1. The molecule has 0 radical (unpaired) electrons. The third-order valence-electron chi connectivity index (χ3n) is 4.13. The van der Waals surface area contributed by atoms with Crippen molar-refractivity contribution in [3.63, 3.8) is 0 Å². The summed E-state index contributed by atoms with van der Waals surface area (Å²) in [5, 5.41) is 1.15. The van der Waals surface area contributed by atoms with Gasteiger partial charge in [0, 0.05) is 5.56 Å². The number of halogens is 3. The zero-order chi connectivity index (χ0) is 21.1. The number of carbonyl (C=O) groups is 3. The van der Waals surface area contributed by atoms with E-state index in [1.165, 1.54) is 18.2 Å². The van der Waals surface area contributed by atoms with Crippen LogP contribution in [0.5, 0.6) is 0 Å². The standard InChI is InChI=1S/C17H7Cl3N2O5S2/c18-8-5-10(20)12(6-9(8)19)29(26,27)22-11-4-2-1-3-7(11)13(16(22)24)14-15(23)21-17(25)28-14/h1-6H,(H,21,23,25). The Kier molecular flexibility index (Phi) is 4.91. The number of nitrogens with one attached hydrogen (secondary N) is 1. The first-order chi connectivity index (χ1) is 13.6. The topological polar surface area (TPSA) is 101 Å². The number of hydrogen-bond acceptors (Lipinski definition) is 6. The van der Waals surface area contributed by atoms with Crippen molar-refractivity contribution in [3.05, 3.63) is 61.9 Å². The van der Waals surface area contributed by atoms with Crippen LogP contribution in [0.4, 0.5) is 10.5 Å². The van der Waals surface area contributed by atoms with Crippen molar-refractivity contribution in [1.29, 1.82) is 0 Å². The number of benzene rings is 2. The van der Waals surface area contributed by atoms with Gasteiger partial charge in [-0.3, -0.25) is 19.7 Å². The van der Waals surface area contributed by atoms with E-state index in [1.807, 2.05) is 0 Å². The fourth-order valence-corrected chi connectivity index (χ4v) is 6.10. The van der Waals surface area contributed by atoms with Crippen molar-refractivity contribution in [2.24, 2.45) is 0 Å². The fourth-order valence-electron chi connectivity index (χ4n) is 2.93. The smallest absolute Gasteiger partial charge is 0.282 e. The summed E-state index contributed by atoms with van der Waals surface area (Å²) in [5.74, 6) is -1.76. The molecule has 1 fully saturated rings. The second-order valence-corrected chi connectivity index (χ2v) is 9.80. The maximum Gasteiger partial charge on any atom is 0.290 e. The van der Waals surface area contributed by atoms with Crippen molar-refractivity contribution in [2.75, 3.05) is 4.31 Å². The average molecular weight is 490 g/mol. The summed E-state index contributed by atoms with van der Waals surface area (Å²) in [4.78, 5) is 36.2. The highest BCUT2D eigenvalue weighted by molar-refractivity contribution is 8.18. The largest absolute Gasteiger partial charge is 0.290 e. The maximum atomic E-state index is 13.3. The van der Waals surface area contributed by atoms with Crippen LogP contribution in [-0.2, 0) is 19.6 Å². The van der Waals surface area contributed by atoms with E-state index in [-0.39, 0.29) is 36.8 Å². The SMILES string of the molecule is O=C1NC(=O)C(=C2C(=O)N(S(=O)(=O)c3cc(Cl)c(Cl)cc3Cl)c3ccccc32)S1. The van der Waals surface area contributed by atoms with Gasteiger partial charge in [0.25, 0.3) is 27.1 Å². The summed E-state index contributed by atoms with van der Waals surface area (Å²) in [7, 11) is -4.52. The number of fused-ring (bicyclic) bond motifs is 1. The minimum Gasteiger partial charge on any atom is -0.282 e. The predicted octanol–water partition coefficient (Wildman–Crippen LogP) is 4.08. The van der Waals surface area contributed by atoms with E-state index < -0.39 is 32.0 Å². The molecule has 2 aliphatic heterocycles. The lowest BCUT2D eigenvalue weighted by Gasteiger charge is -2.18. The molecule has 7 nitrogen and oxygen atoms in total. The van der Waals surface area contributed by atoms with Crippen LogP contribution in [0, 0.1) is 0 Å². The number of hydrogen-bond donors (Lipinski definition) is 1. The summed E-state index contributed by atoms with van der Waals surface area (Å²) < 4.78 is 27.2. The van der Waals surface area contributed by atoms with Gasteiger partial charge < -0.3 is 0 Å². The van der Waals surface area contributed by atoms with Crippen molar-refractivity contribution in [1.82, 2.24) is 5.32 Å². The molecular formula is C17H7Cl3N2O5S2. The summed E-state index contributed by atoms with van der Waals surface area (Å²) >= 11 is 18.4. The Morgan fingerprint density at radius 3 is 2.24 bits per heavy atom. The summed E-state index contributed by atoms with van der Waals surface area (Å²) in [5.41, 5.74) is 0.0354. The fraction of sp³-hybridized carbons (Fsp3) is 0. The number of thioether (sulfide) groups is 1. The first-order valence-corrected chi connectivity index (χ1v) is 11.1. The predicted molar refractivity (Wildman–Crippen MR) is 111 cm³/mol. The first-order valence-electron chi connectivity index (χ1n) is 7.74. The molecule has 2 heterocycles. The van der Waals surface area contributed by atoms with E-state index in [1.54, 1.807) is 6.07 Å². The molecule has 4 rings (SSSR count). The third-order valence-corrected chi connectivity index (χ3v) is 7.89. The van der Waals surface area contributed by atoms with E-state index in [0.29, 0.717) is 16.1 Å². The average Bonchev–Trinajstić information content (AvgIpc) is 3.12. The Bertz CT molecular complexity index is 1270. The van der Waals surface area contributed by atoms with Crippen LogP contribution < -0.4 is 9.62 Å². The molecule has 3 amide bonds. The third kappa shape index (κ3) is 3.13. The Morgan fingerprint density at radius 1 is 0.931 bits per heavy atom. The van der Waals surface area contributed by atoms with Gasteiger partial charge >= 0.3 is 0 Å². The molecule has 0 aromatic heterocycles. The molecule has 1 N–H and O–H groups in total. The molecule has 0 unspecified atom stereocenters. The van der Waals surface area contributed by atoms with Crippen LogP contribution in [0.3, 0.4) is 0 Å². The van der Waals surface area contributed by atoms with Crippen LogP contribution >= 0.6 is 46.6 Å². The number of para-hydroxylation sites is 1. The van der Waals surface area contributed by atoms with Gasteiger partial charge in [0.1, 0.15) is 4.90 Å². The van der Waals surface area contributed by atoms with E-state index in [9.17, 15) is 22.8 Å². The summed E-state index contributed by atoms with van der Waals surface area (Å²) in [6.45, 7) is 0. The highest BCUT2D eigenvalue weighted by atomic mass is 35.5. The van der Waals surface area contributed by atoms with Crippen LogP contribution in [0.1, 0.15) is 5.56 Å². The lowest BCUT2D eigenvalue weighted by molar-refractivity contribution is -0.116. The molecule has 1 saturated heterocycles. The van der Waals surface area contributed by atoms with Crippen LogP contribution in [-0.4, -0.2) is 25.5 Å². The molecule has 0 saturated carbocycles. The number of sulfonamides is 1. The molecule has 12 heteroatoms. The van der Waals surface area contributed by atoms with E-state index >= 15 is 0 Å². The molecule has 2 aromatic carbocycles. The second kappa shape index (κ2) is 7.03. The van der Waals surface area contributed by atoms with Gasteiger partial charge in [0.15, 0.2) is 0 Å². The van der Waals surface area contributed by atoms with E-state index in [2.05, 4.69) is 5.32 Å². The summed E-state index contributed by atoms with van der Waals surface area (Å²) in [6.07, 6.45) is 0. The molecule has 0 atom stereocenters. The molecule has 2 aromatic rings. The van der Waals surface area contributed by atoms with Gasteiger partial charge in [0.05, 0.1) is 31.2 Å². The quantitative estimate of drug-likeness (QED) is 0.504.